The minimum atomic E-state index is -0.606. The number of carbonyl (C=O) groups is 2. The lowest BCUT2D eigenvalue weighted by atomic mass is 10.0. The van der Waals surface area contributed by atoms with Crippen LogP contribution in [0.3, 0.4) is 0 Å². The van der Waals surface area contributed by atoms with Crippen molar-refractivity contribution in [3.8, 4) is 0 Å². The quantitative estimate of drug-likeness (QED) is 0.847. The average Bonchev–Trinajstić information content (AvgIpc) is 2.93. The molecule has 1 aromatic carbocycles. The molecular weight excluding hydrogens is 266 g/mol. The summed E-state index contributed by atoms with van der Waals surface area (Å²) in [5, 5.41) is 2.70. The van der Waals surface area contributed by atoms with Gasteiger partial charge < -0.3 is 10.1 Å². The van der Waals surface area contributed by atoms with Crippen LogP contribution in [0.2, 0.25) is 0 Å². The van der Waals surface area contributed by atoms with Gasteiger partial charge in [0.1, 0.15) is 12.1 Å². The highest BCUT2D eigenvalue weighted by Crippen LogP contribution is 2.21. The standard InChI is InChI=1S/C17H23NO3/c1-12-7-9-14(10-8-12)11-16(18-13(2)19)17(20)21-15-5-3-4-6-15/h7-10,15-16H,3-6,11H2,1-2H3,(H,18,19)/t16-/m0/s1. The van der Waals surface area contributed by atoms with E-state index < -0.39 is 6.04 Å². The molecule has 1 fully saturated rings. The Morgan fingerprint density at radius 3 is 2.43 bits per heavy atom. The first kappa shape index (κ1) is 15.5. The maximum Gasteiger partial charge on any atom is 0.329 e. The Kier molecular flexibility index (Phi) is 5.37. The fourth-order valence-electron chi connectivity index (χ4n) is 2.65. The molecule has 2 rings (SSSR count). The number of hydrogen-bond donors (Lipinski definition) is 1. The molecule has 1 aliphatic carbocycles. The van der Waals surface area contributed by atoms with Gasteiger partial charge in [0.2, 0.25) is 5.91 Å². The molecule has 1 N–H and O–H groups in total. The summed E-state index contributed by atoms with van der Waals surface area (Å²) in [6, 6.07) is 7.36. The largest absolute Gasteiger partial charge is 0.461 e. The van der Waals surface area contributed by atoms with Crippen molar-refractivity contribution in [3.63, 3.8) is 0 Å². The highest BCUT2D eigenvalue weighted by molar-refractivity contribution is 5.83. The molecule has 0 aromatic heterocycles. The Balaban J connectivity index is 2.00. The predicted octanol–water partition coefficient (Wildman–Crippen LogP) is 2.53. The number of rotatable bonds is 5. The lowest BCUT2D eigenvalue weighted by Crippen LogP contribution is -2.43. The first-order valence-corrected chi connectivity index (χ1v) is 7.58. The molecular formula is C17H23NO3. The topological polar surface area (TPSA) is 55.4 Å². The molecule has 0 unspecified atom stereocenters. The molecule has 1 aliphatic rings. The van der Waals surface area contributed by atoms with Crippen LogP contribution in [0.15, 0.2) is 24.3 Å². The van der Waals surface area contributed by atoms with Crippen LogP contribution in [0.5, 0.6) is 0 Å². The molecule has 1 aromatic rings. The maximum absolute atomic E-state index is 12.3. The van der Waals surface area contributed by atoms with Gasteiger partial charge in [-0.1, -0.05) is 29.8 Å². The molecule has 4 nitrogen and oxygen atoms in total. The average molecular weight is 289 g/mol. The maximum atomic E-state index is 12.3. The Morgan fingerprint density at radius 1 is 1.24 bits per heavy atom. The predicted molar refractivity (Wildman–Crippen MR) is 80.8 cm³/mol. The number of amides is 1. The molecule has 0 bridgehead atoms. The first-order valence-electron chi connectivity index (χ1n) is 7.58. The van der Waals surface area contributed by atoms with Crippen LogP contribution >= 0.6 is 0 Å². The van der Waals surface area contributed by atoms with E-state index in [-0.39, 0.29) is 18.0 Å². The second-order valence-electron chi connectivity index (χ2n) is 5.79. The van der Waals surface area contributed by atoms with Gasteiger partial charge in [0, 0.05) is 13.3 Å². The van der Waals surface area contributed by atoms with Gasteiger partial charge >= 0.3 is 5.97 Å². The molecule has 1 saturated carbocycles. The molecule has 0 heterocycles. The molecule has 0 saturated heterocycles. The summed E-state index contributed by atoms with van der Waals surface area (Å²) >= 11 is 0. The summed E-state index contributed by atoms with van der Waals surface area (Å²) in [6.07, 6.45) is 4.57. The fourth-order valence-corrected chi connectivity index (χ4v) is 2.65. The van der Waals surface area contributed by atoms with E-state index in [0.717, 1.165) is 31.2 Å². The van der Waals surface area contributed by atoms with Gasteiger partial charge in [0.05, 0.1) is 0 Å². The Labute approximate surface area is 125 Å². The highest BCUT2D eigenvalue weighted by atomic mass is 16.5. The van der Waals surface area contributed by atoms with Crippen molar-refractivity contribution in [2.75, 3.05) is 0 Å². The number of esters is 1. The smallest absolute Gasteiger partial charge is 0.329 e. The zero-order chi connectivity index (χ0) is 15.2. The van der Waals surface area contributed by atoms with Crippen molar-refractivity contribution in [1.82, 2.24) is 5.32 Å². The van der Waals surface area contributed by atoms with Gasteiger partial charge in [-0.15, -0.1) is 0 Å². The summed E-state index contributed by atoms with van der Waals surface area (Å²) in [5.41, 5.74) is 2.19. The van der Waals surface area contributed by atoms with Crippen LogP contribution in [0.4, 0.5) is 0 Å². The van der Waals surface area contributed by atoms with Crippen LogP contribution in [0.1, 0.15) is 43.7 Å². The van der Waals surface area contributed by atoms with Crippen LogP contribution < -0.4 is 5.32 Å². The summed E-state index contributed by atoms with van der Waals surface area (Å²) in [4.78, 5) is 23.6. The van der Waals surface area contributed by atoms with E-state index in [0.29, 0.717) is 6.42 Å². The van der Waals surface area contributed by atoms with E-state index in [1.807, 2.05) is 31.2 Å². The molecule has 1 amide bonds. The van der Waals surface area contributed by atoms with Gasteiger partial charge in [-0.05, 0) is 38.2 Å². The third-order valence-electron chi connectivity index (χ3n) is 3.81. The van der Waals surface area contributed by atoms with Crippen molar-refractivity contribution in [3.05, 3.63) is 35.4 Å². The Hall–Kier alpha value is -1.84. The molecule has 114 valence electrons. The van der Waals surface area contributed by atoms with Crippen LogP contribution in [-0.4, -0.2) is 24.0 Å². The number of ether oxygens (including phenoxy) is 1. The first-order chi connectivity index (χ1) is 10.0. The Morgan fingerprint density at radius 2 is 1.86 bits per heavy atom. The van der Waals surface area contributed by atoms with Crippen LogP contribution in [0.25, 0.3) is 0 Å². The molecule has 4 heteroatoms. The third kappa shape index (κ3) is 4.88. The number of benzene rings is 1. The second kappa shape index (κ2) is 7.25. The highest BCUT2D eigenvalue weighted by Gasteiger charge is 2.26. The SMILES string of the molecule is CC(=O)N[C@@H](Cc1ccc(C)cc1)C(=O)OC1CCCC1. The monoisotopic (exact) mass is 289 g/mol. The van der Waals surface area contributed by atoms with E-state index in [4.69, 9.17) is 4.74 Å². The van der Waals surface area contributed by atoms with E-state index in [9.17, 15) is 9.59 Å². The number of aryl methyl sites for hydroxylation is 1. The van der Waals surface area contributed by atoms with Crippen LogP contribution in [-0.2, 0) is 20.7 Å². The van der Waals surface area contributed by atoms with E-state index >= 15 is 0 Å². The van der Waals surface area contributed by atoms with Crippen molar-refractivity contribution in [2.45, 2.75) is 58.1 Å². The summed E-state index contributed by atoms with van der Waals surface area (Å²) in [5.74, 6) is -0.534. The zero-order valence-electron chi connectivity index (χ0n) is 12.7. The molecule has 0 spiro atoms. The molecule has 1 atom stereocenters. The van der Waals surface area contributed by atoms with Crippen molar-refractivity contribution in [1.29, 1.82) is 0 Å². The second-order valence-corrected chi connectivity index (χ2v) is 5.79. The molecule has 0 radical (unpaired) electrons. The minimum Gasteiger partial charge on any atom is -0.461 e. The zero-order valence-corrected chi connectivity index (χ0v) is 12.7. The van der Waals surface area contributed by atoms with Gasteiger partial charge in [-0.25, -0.2) is 4.79 Å². The van der Waals surface area contributed by atoms with Gasteiger partial charge in [0.25, 0.3) is 0 Å². The third-order valence-corrected chi connectivity index (χ3v) is 3.81. The summed E-state index contributed by atoms with van der Waals surface area (Å²) < 4.78 is 5.52. The lowest BCUT2D eigenvalue weighted by molar-refractivity contribution is -0.152. The number of nitrogens with one attached hydrogen (secondary N) is 1. The van der Waals surface area contributed by atoms with Gasteiger partial charge in [0.15, 0.2) is 0 Å². The summed E-state index contributed by atoms with van der Waals surface area (Å²) in [7, 11) is 0. The van der Waals surface area contributed by atoms with E-state index in [2.05, 4.69) is 5.32 Å². The normalized spacial score (nSPS) is 16.5. The van der Waals surface area contributed by atoms with Crippen molar-refractivity contribution < 1.29 is 14.3 Å². The van der Waals surface area contributed by atoms with Crippen molar-refractivity contribution >= 4 is 11.9 Å². The van der Waals surface area contributed by atoms with Gasteiger partial charge in [-0.3, -0.25) is 4.79 Å². The summed E-state index contributed by atoms with van der Waals surface area (Å²) in [6.45, 7) is 3.44. The molecule has 21 heavy (non-hydrogen) atoms. The lowest BCUT2D eigenvalue weighted by Gasteiger charge is -2.19. The minimum absolute atomic E-state index is 0.0202. The number of carbonyl (C=O) groups excluding carboxylic acids is 2. The van der Waals surface area contributed by atoms with E-state index in [1.54, 1.807) is 0 Å². The molecule has 0 aliphatic heterocycles. The van der Waals surface area contributed by atoms with E-state index in [1.165, 1.54) is 12.5 Å². The van der Waals surface area contributed by atoms with Gasteiger partial charge in [-0.2, -0.15) is 0 Å². The van der Waals surface area contributed by atoms with Crippen molar-refractivity contribution in [2.24, 2.45) is 0 Å². The Bertz CT molecular complexity index is 489. The fraction of sp³-hybridized carbons (Fsp3) is 0.529. The van der Waals surface area contributed by atoms with Crippen LogP contribution in [0, 0.1) is 6.92 Å². The number of hydrogen-bond acceptors (Lipinski definition) is 3.